The highest BCUT2D eigenvalue weighted by Crippen LogP contribution is 2.44. The number of hydrogen-bond donors (Lipinski definition) is 2. The molecule has 7 nitrogen and oxygen atoms in total. The first-order valence-electron chi connectivity index (χ1n) is 12.3. The Labute approximate surface area is 232 Å². The number of anilines is 1. The second kappa shape index (κ2) is 9.89. The molecule has 3 N–H and O–H groups in total. The molecule has 2 heterocycles. The van der Waals surface area contributed by atoms with Crippen molar-refractivity contribution in [1.82, 2.24) is 14.5 Å². The summed E-state index contributed by atoms with van der Waals surface area (Å²) in [6.07, 6.45) is 4.19. The van der Waals surface area contributed by atoms with Gasteiger partial charge in [-0.3, -0.25) is 14.2 Å². The maximum Gasteiger partial charge on any atom is 0.248 e. The molecule has 0 aliphatic heterocycles. The fourth-order valence-electron chi connectivity index (χ4n) is 4.67. The van der Waals surface area contributed by atoms with Crippen molar-refractivity contribution in [3.05, 3.63) is 88.5 Å². The highest BCUT2D eigenvalue weighted by atomic mass is 79.9. The fourth-order valence-corrected chi connectivity index (χ4v) is 6.07. The number of fused-ring (bicyclic) bond motifs is 2. The number of nitrogens with two attached hydrogens (primary N) is 1. The van der Waals surface area contributed by atoms with Gasteiger partial charge in [-0.15, -0.1) is 0 Å². The number of primary amides is 1. The molecule has 2 aromatic heterocycles. The van der Waals surface area contributed by atoms with Gasteiger partial charge in [0.25, 0.3) is 0 Å². The number of hydrogen-bond acceptors (Lipinski definition) is 5. The largest absolute Gasteiger partial charge is 0.366 e. The van der Waals surface area contributed by atoms with Gasteiger partial charge in [-0.2, -0.15) is 0 Å². The van der Waals surface area contributed by atoms with Gasteiger partial charge in [0.1, 0.15) is 0 Å². The van der Waals surface area contributed by atoms with Gasteiger partial charge in [-0.25, -0.2) is 9.97 Å². The molecule has 1 fully saturated rings. The van der Waals surface area contributed by atoms with Crippen LogP contribution in [0.1, 0.15) is 41.6 Å². The minimum Gasteiger partial charge on any atom is -0.366 e. The molecule has 1 unspecified atom stereocenters. The SMILES string of the molecule is CC(Sc1nc2ncccc2n1-c1ccc(C2CC2)c2ccccc12)C(=O)Nc1ccc(C(N)=O)cc1Br. The molecular weight excluding hydrogens is 562 g/mol. The molecule has 38 heavy (non-hydrogen) atoms. The van der Waals surface area contributed by atoms with Crippen LogP contribution in [0.4, 0.5) is 5.69 Å². The number of imidazole rings is 1. The molecule has 0 radical (unpaired) electrons. The van der Waals surface area contributed by atoms with Gasteiger partial charge >= 0.3 is 0 Å². The van der Waals surface area contributed by atoms with E-state index >= 15 is 0 Å². The smallest absolute Gasteiger partial charge is 0.248 e. The highest BCUT2D eigenvalue weighted by Gasteiger charge is 2.27. The Hall–Kier alpha value is -3.69. The molecule has 5 aromatic rings. The third kappa shape index (κ3) is 4.56. The number of aromatic nitrogens is 3. The first-order valence-corrected chi connectivity index (χ1v) is 14.0. The molecule has 9 heteroatoms. The maximum atomic E-state index is 13.2. The van der Waals surface area contributed by atoms with Crippen LogP contribution in [-0.4, -0.2) is 31.6 Å². The number of nitrogens with one attached hydrogen (secondary N) is 1. The summed E-state index contributed by atoms with van der Waals surface area (Å²) in [5, 5.41) is 5.56. The molecule has 3 aromatic carbocycles. The lowest BCUT2D eigenvalue weighted by Crippen LogP contribution is -2.23. The number of thioether (sulfide) groups is 1. The molecule has 0 spiro atoms. The lowest BCUT2D eigenvalue weighted by molar-refractivity contribution is -0.115. The van der Waals surface area contributed by atoms with Crippen molar-refractivity contribution in [2.75, 3.05) is 5.32 Å². The molecule has 1 saturated carbocycles. The van der Waals surface area contributed by atoms with Crippen LogP contribution in [0.15, 0.2) is 82.6 Å². The summed E-state index contributed by atoms with van der Waals surface area (Å²) in [5.41, 5.74) is 10.2. The predicted octanol–water partition coefficient (Wildman–Crippen LogP) is 6.43. The van der Waals surface area contributed by atoms with Crippen LogP contribution in [0.2, 0.25) is 0 Å². The first kappa shape index (κ1) is 24.6. The number of pyridine rings is 1. The summed E-state index contributed by atoms with van der Waals surface area (Å²) >= 11 is 4.79. The van der Waals surface area contributed by atoms with Crippen molar-refractivity contribution in [1.29, 1.82) is 0 Å². The van der Waals surface area contributed by atoms with Crippen LogP contribution >= 0.6 is 27.7 Å². The lowest BCUT2D eigenvalue weighted by Gasteiger charge is -2.17. The Balaban J connectivity index is 1.36. The Bertz CT molecular complexity index is 1730. The van der Waals surface area contributed by atoms with E-state index in [0.717, 1.165) is 16.6 Å². The van der Waals surface area contributed by atoms with E-state index in [1.807, 2.05) is 19.1 Å². The molecule has 1 atom stereocenters. The summed E-state index contributed by atoms with van der Waals surface area (Å²) in [6.45, 7) is 1.84. The van der Waals surface area contributed by atoms with Gasteiger partial charge in [0.2, 0.25) is 11.8 Å². The van der Waals surface area contributed by atoms with E-state index in [4.69, 9.17) is 10.7 Å². The monoisotopic (exact) mass is 585 g/mol. The van der Waals surface area contributed by atoms with Crippen LogP contribution in [0.25, 0.3) is 27.6 Å². The second-order valence-electron chi connectivity index (χ2n) is 9.38. The number of amides is 2. The minimum absolute atomic E-state index is 0.192. The summed E-state index contributed by atoms with van der Waals surface area (Å²) in [6, 6.07) is 21.6. The zero-order chi connectivity index (χ0) is 26.4. The number of carbonyl (C=O) groups is 2. The van der Waals surface area contributed by atoms with Crippen LogP contribution in [0, 0.1) is 0 Å². The number of nitrogens with zero attached hydrogens (tertiary/aromatic N) is 3. The quantitative estimate of drug-likeness (QED) is 0.214. The van der Waals surface area contributed by atoms with Gasteiger partial charge < -0.3 is 11.1 Å². The average Bonchev–Trinajstić information content (AvgIpc) is 3.70. The Morgan fingerprint density at radius 3 is 2.61 bits per heavy atom. The topological polar surface area (TPSA) is 103 Å². The van der Waals surface area contributed by atoms with Crippen LogP contribution in [0.5, 0.6) is 0 Å². The van der Waals surface area contributed by atoms with Crippen molar-refractivity contribution < 1.29 is 9.59 Å². The average molecular weight is 587 g/mol. The minimum atomic E-state index is -0.530. The van der Waals surface area contributed by atoms with E-state index < -0.39 is 11.2 Å². The summed E-state index contributed by atoms with van der Waals surface area (Å²) in [5.74, 6) is -0.0928. The molecule has 0 bridgehead atoms. The van der Waals surface area contributed by atoms with Gasteiger partial charge in [-0.1, -0.05) is 42.1 Å². The van der Waals surface area contributed by atoms with Crippen molar-refractivity contribution in [3.63, 3.8) is 0 Å². The molecule has 1 aliphatic carbocycles. The summed E-state index contributed by atoms with van der Waals surface area (Å²) in [7, 11) is 0. The van der Waals surface area contributed by atoms with Gasteiger partial charge in [0, 0.05) is 21.6 Å². The van der Waals surface area contributed by atoms with Gasteiger partial charge in [0.15, 0.2) is 10.8 Å². The van der Waals surface area contributed by atoms with Crippen molar-refractivity contribution in [2.24, 2.45) is 5.73 Å². The summed E-state index contributed by atoms with van der Waals surface area (Å²) in [4.78, 5) is 34.0. The zero-order valence-corrected chi connectivity index (χ0v) is 22.9. The molecule has 6 rings (SSSR count). The number of benzene rings is 3. The van der Waals surface area contributed by atoms with Crippen molar-refractivity contribution in [3.8, 4) is 5.69 Å². The van der Waals surface area contributed by atoms with E-state index in [2.05, 4.69) is 67.2 Å². The van der Waals surface area contributed by atoms with Crippen molar-refractivity contribution in [2.45, 2.75) is 36.1 Å². The maximum absolute atomic E-state index is 13.2. The molecule has 2 amide bonds. The standard InChI is InChI=1S/C29H24BrN5O2S/c1-16(28(37)33-23-12-10-18(26(31)36)15-22(23)30)38-29-34-27-25(7-4-14-32-27)35(29)24-13-11-19(17-8-9-17)20-5-2-3-6-21(20)24/h2-7,10-17H,8-9H2,1H3,(H2,31,36)(H,33,37). The van der Waals surface area contributed by atoms with Crippen LogP contribution in [-0.2, 0) is 4.79 Å². The highest BCUT2D eigenvalue weighted by molar-refractivity contribution is 9.10. The molecule has 190 valence electrons. The van der Waals surface area contributed by atoms with Crippen LogP contribution in [0.3, 0.4) is 0 Å². The van der Waals surface area contributed by atoms with E-state index in [0.29, 0.717) is 32.4 Å². The van der Waals surface area contributed by atoms with Gasteiger partial charge in [0.05, 0.1) is 22.1 Å². The van der Waals surface area contributed by atoms with E-state index in [9.17, 15) is 9.59 Å². The van der Waals surface area contributed by atoms with Crippen molar-refractivity contribution >= 4 is 67.1 Å². The summed E-state index contributed by atoms with van der Waals surface area (Å²) < 4.78 is 2.69. The molecular formula is C29H24BrN5O2S. The fraction of sp³-hybridized carbons (Fsp3) is 0.172. The number of rotatable bonds is 7. The third-order valence-electron chi connectivity index (χ3n) is 6.76. The lowest BCUT2D eigenvalue weighted by atomic mass is 9.99. The number of carbonyl (C=O) groups excluding carboxylic acids is 2. The van der Waals surface area contributed by atoms with E-state index in [1.165, 1.54) is 35.6 Å². The van der Waals surface area contributed by atoms with E-state index in [-0.39, 0.29) is 5.91 Å². The number of halogens is 1. The normalized spacial score (nSPS) is 14.1. The van der Waals surface area contributed by atoms with Crippen LogP contribution < -0.4 is 11.1 Å². The Morgan fingerprint density at radius 2 is 1.87 bits per heavy atom. The Kier molecular flexibility index (Phi) is 6.41. The Morgan fingerprint density at radius 1 is 1.08 bits per heavy atom. The van der Waals surface area contributed by atoms with E-state index in [1.54, 1.807) is 24.4 Å². The second-order valence-corrected chi connectivity index (χ2v) is 11.5. The van der Waals surface area contributed by atoms with Gasteiger partial charge in [-0.05, 0) is 89.0 Å². The molecule has 1 aliphatic rings. The first-order chi connectivity index (χ1) is 18.4. The third-order valence-corrected chi connectivity index (χ3v) is 8.46. The zero-order valence-electron chi connectivity index (χ0n) is 20.5. The molecule has 0 saturated heterocycles. The predicted molar refractivity (Wildman–Crippen MR) is 155 cm³/mol.